The summed E-state index contributed by atoms with van der Waals surface area (Å²) in [6, 6.07) is 16.0. The largest absolute Gasteiger partial charge is 0.343 e. The van der Waals surface area contributed by atoms with Crippen molar-refractivity contribution in [1.29, 1.82) is 0 Å². The van der Waals surface area contributed by atoms with Crippen molar-refractivity contribution < 1.29 is 0 Å². The molecule has 4 heteroatoms. The Balaban J connectivity index is 1.54. The van der Waals surface area contributed by atoms with Gasteiger partial charge in [-0.05, 0) is 78.6 Å². The van der Waals surface area contributed by atoms with Crippen LogP contribution in [0.2, 0.25) is 5.02 Å². The molecular weight excluding hydrogens is 408 g/mol. The summed E-state index contributed by atoms with van der Waals surface area (Å²) in [4.78, 5) is 2.81. The van der Waals surface area contributed by atoms with Crippen LogP contribution in [0, 0.1) is 5.92 Å². The summed E-state index contributed by atoms with van der Waals surface area (Å²) in [5.74, 6) is 2.76. The minimum atomic E-state index is 0.660. The molecule has 0 bridgehead atoms. The van der Waals surface area contributed by atoms with Gasteiger partial charge in [0.15, 0.2) is 0 Å². The Labute approximate surface area is 189 Å². The number of benzene rings is 2. The molecular formula is C26H31ClN2S. The lowest BCUT2D eigenvalue weighted by atomic mass is 9.72. The Morgan fingerprint density at radius 1 is 1.13 bits per heavy atom. The fourth-order valence-electron chi connectivity index (χ4n) is 5.89. The lowest BCUT2D eigenvalue weighted by Crippen LogP contribution is -2.50. The van der Waals surface area contributed by atoms with Gasteiger partial charge in [0.1, 0.15) is 0 Å². The highest BCUT2D eigenvalue weighted by atomic mass is 35.5. The highest BCUT2D eigenvalue weighted by molar-refractivity contribution is 7.98. The molecule has 1 unspecified atom stereocenters. The van der Waals surface area contributed by atoms with Crippen LogP contribution < -0.4 is 0 Å². The lowest BCUT2D eigenvalue weighted by Gasteiger charge is -2.47. The van der Waals surface area contributed by atoms with Crippen molar-refractivity contribution in [2.45, 2.75) is 44.7 Å². The third-order valence-corrected chi connectivity index (χ3v) is 8.09. The molecule has 0 radical (unpaired) electrons. The van der Waals surface area contributed by atoms with E-state index in [1.54, 1.807) is 11.1 Å². The van der Waals surface area contributed by atoms with Crippen molar-refractivity contribution in [3.05, 3.63) is 70.4 Å². The van der Waals surface area contributed by atoms with Gasteiger partial charge in [0.25, 0.3) is 0 Å². The van der Waals surface area contributed by atoms with Crippen molar-refractivity contribution in [3.8, 4) is 0 Å². The second-order valence-corrected chi connectivity index (χ2v) is 10.4. The normalized spacial score (nSPS) is 23.6. The molecule has 0 amide bonds. The maximum absolute atomic E-state index is 6.10. The first-order chi connectivity index (χ1) is 14.7. The number of hydrogen-bond acceptors (Lipinski definition) is 2. The first-order valence-corrected chi connectivity index (χ1v) is 13.0. The van der Waals surface area contributed by atoms with Crippen LogP contribution in [0.25, 0.3) is 10.9 Å². The summed E-state index contributed by atoms with van der Waals surface area (Å²) in [5, 5.41) is 2.34. The number of piperidine rings is 1. The van der Waals surface area contributed by atoms with Crippen LogP contribution in [0.5, 0.6) is 0 Å². The standard InChI is InChI=1S/C26H31ClN2S/c1-3-11-28-15-19(17-30-2)12-23-22-5-4-6-24-26(22)20(13-25(23)28)16-29(24)14-18-7-9-21(27)10-8-18/h4-10,16,19,23,25H,3,11-15,17H2,1-2H3/t19?,23-,25-/m0/s1. The molecule has 1 aromatic heterocycles. The van der Waals surface area contributed by atoms with Crippen LogP contribution in [0.15, 0.2) is 48.7 Å². The molecule has 1 fully saturated rings. The quantitative estimate of drug-likeness (QED) is 0.437. The molecule has 5 rings (SSSR count). The van der Waals surface area contributed by atoms with Gasteiger partial charge in [-0.3, -0.25) is 4.90 Å². The molecule has 0 saturated carbocycles. The Hall–Kier alpha value is -1.42. The maximum atomic E-state index is 6.10. The summed E-state index contributed by atoms with van der Waals surface area (Å²) in [6.07, 6.45) is 8.46. The minimum Gasteiger partial charge on any atom is -0.343 e. The molecule has 2 aromatic carbocycles. The van der Waals surface area contributed by atoms with E-state index in [1.165, 1.54) is 54.6 Å². The summed E-state index contributed by atoms with van der Waals surface area (Å²) in [7, 11) is 0. The van der Waals surface area contributed by atoms with Gasteiger partial charge < -0.3 is 4.57 Å². The van der Waals surface area contributed by atoms with E-state index in [4.69, 9.17) is 11.6 Å². The number of likely N-dealkylation sites (tertiary alicyclic amines) is 1. The van der Waals surface area contributed by atoms with Crippen LogP contribution in [0.1, 0.15) is 42.4 Å². The van der Waals surface area contributed by atoms with E-state index < -0.39 is 0 Å². The van der Waals surface area contributed by atoms with Gasteiger partial charge in [0, 0.05) is 47.2 Å². The van der Waals surface area contributed by atoms with Gasteiger partial charge in [-0.1, -0.05) is 42.8 Å². The monoisotopic (exact) mass is 438 g/mol. The molecule has 3 aromatic rings. The minimum absolute atomic E-state index is 0.660. The highest BCUT2D eigenvalue weighted by Crippen LogP contribution is 2.45. The lowest BCUT2D eigenvalue weighted by molar-refractivity contribution is 0.0926. The number of thioether (sulfide) groups is 1. The molecule has 2 nitrogen and oxygen atoms in total. The molecule has 158 valence electrons. The zero-order valence-corrected chi connectivity index (χ0v) is 19.6. The second kappa shape index (κ2) is 8.61. The van der Waals surface area contributed by atoms with Gasteiger partial charge in [-0.25, -0.2) is 0 Å². The molecule has 1 saturated heterocycles. The van der Waals surface area contributed by atoms with E-state index >= 15 is 0 Å². The van der Waals surface area contributed by atoms with Crippen molar-refractivity contribution in [3.63, 3.8) is 0 Å². The molecule has 1 aliphatic heterocycles. The third kappa shape index (κ3) is 3.70. The van der Waals surface area contributed by atoms with Crippen LogP contribution >= 0.6 is 23.4 Å². The molecule has 3 atom stereocenters. The molecule has 2 aliphatic rings. The van der Waals surface area contributed by atoms with E-state index in [-0.39, 0.29) is 0 Å². The maximum Gasteiger partial charge on any atom is 0.0489 e. The predicted molar refractivity (Wildman–Crippen MR) is 131 cm³/mol. The van der Waals surface area contributed by atoms with Crippen LogP contribution in [-0.2, 0) is 13.0 Å². The van der Waals surface area contributed by atoms with Crippen molar-refractivity contribution in [2.24, 2.45) is 5.92 Å². The van der Waals surface area contributed by atoms with E-state index in [2.05, 4.69) is 59.2 Å². The van der Waals surface area contributed by atoms with E-state index in [0.29, 0.717) is 12.0 Å². The SMILES string of the molecule is CCCN1CC(CSC)C[C@H]2c3cccc4c3c(cn4Cc3ccc(Cl)cc3)C[C@@H]21. The number of halogens is 1. The van der Waals surface area contributed by atoms with Crippen LogP contribution in [0.3, 0.4) is 0 Å². The number of aromatic nitrogens is 1. The van der Waals surface area contributed by atoms with Gasteiger partial charge >= 0.3 is 0 Å². The number of hydrogen-bond donors (Lipinski definition) is 0. The first-order valence-electron chi connectivity index (χ1n) is 11.3. The summed E-state index contributed by atoms with van der Waals surface area (Å²) in [5.41, 5.74) is 5.84. The zero-order chi connectivity index (χ0) is 20.7. The molecule has 30 heavy (non-hydrogen) atoms. The number of fused-ring (bicyclic) bond motifs is 2. The topological polar surface area (TPSA) is 8.17 Å². The van der Waals surface area contributed by atoms with Crippen LogP contribution in [-0.4, -0.2) is 40.6 Å². The van der Waals surface area contributed by atoms with E-state index in [1.807, 2.05) is 23.9 Å². The Kier molecular flexibility index (Phi) is 5.88. The van der Waals surface area contributed by atoms with E-state index in [0.717, 1.165) is 17.5 Å². The van der Waals surface area contributed by atoms with Gasteiger partial charge in [0.05, 0.1) is 0 Å². The first kappa shape index (κ1) is 20.5. The smallest absolute Gasteiger partial charge is 0.0489 e. The van der Waals surface area contributed by atoms with Crippen molar-refractivity contribution >= 4 is 34.3 Å². The van der Waals surface area contributed by atoms with Gasteiger partial charge in [-0.15, -0.1) is 0 Å². The van der Waals surface area contributed by atoms with Gasteiger partial charge in [-0.2, -0.15) is 11.8 Å². The fourth-order valence-corrected chi connectivity index (χ4v) is 6.73. The summed E-state index contributed by atoms with van der Waals surface area (Å²) < 4.78 is 2.46. The molecule has 0 spiro atoms. The highest BCUT2D eigenvalue weighted by Gasteiger charge is 2.40. The fraction of sp³-hybridized carbons (Fsp3) is 0.462. The predicted octanol–water partition coefficient (Wildman–Crippen LogP) is 6.45. The molecule has 1 aliphatic carbocycles. The molecule has 2 heterocycles. The Morgan fingerprint density at radius 3 is 2.73 bits per heavy atom. The zero-order valence-electron chi connectivity index (χ0n) is 18.0. The van der Waals surface area contributed by atoms with Crippen molar-refractivity contribution in [1.82, 2.24) is 9.47 Å². The average Bonchev–Trinajstić information content (AvgIpc) is 3.09. The number of nitrogens with zero attached hydrogens (tertiary/aromatic N) is 2. The third-order valence-electron chi connectivity index (χ3n) is 7.04. The summed E-state index contributed by atoms with van der Waals surface area (Å²) >= 11 is 8.11. The summed E-state index contributed by atoms with van der Waals surface area (Å²) in [6.45, 7) is 5.72. The van der Waals surface area contributed by atoms with Gasteiger partial charge in [0.2, 0.25) is 0 Å². The van der Waals surface area contributed by atoms with Crippen molar-refractivity contribution in [2.75, 3.05) is 25.1 Å². The second-order valence-electron chi connectivity index (χ2n) is 9.08. The van der Waals surface area contributed by atoms with E-state index in [9.17, 15) is 0 Å². The molecule has 0 N–H and O–H groups in total. The average molecular weight is 439 g/mol. The van der Waals surface area contributed by atoms with Crippen LogP contribution in [0.4, 0.5) is 0 Å². The number of rotatable bonds is 6. The Bertz CT molecular complexity index is 1030. The Morgan fingerprint density at radius 2 is 1.97 bits per heavy atom.